The molecule has 2 aliphatic heterocycles. The number of amides is 1. The van der Waals surface area contributed by atoms with Crippen LogP contribution in [-0.4, -0.2) is 67.1 Å². The van der Waals surface area contributed by atoms with E-state index in [4.69, 9.17) is 0 Å². The van der Waals surface area contributed by atoms with E-state index in [2.05, 4.69) is 5.32 Å². The minimum Gasteiger partial charge on any atom is -0.355 e. The summed E-state index contributed by atoms with van der Waals surface area (Å²) in [5, 5.41) is 3.16. The zero-order chi connectivity index (χ0) is 21.1. The number of rotatable bonds is 5. The molecule has 2 aliphatic rings. The van der Waals surface area contributed by atoms with Crippen molar-refractivity contribution in [3.63, 3.8) is 0 Å². The van der Waals surface area contributed by atoms with Gasteiger partial charge in [0.15, 0.2) is 0 Å². The van der Waals surface area contributed by atoms with Gasteiger partial charge in [-0.05, 0) is 49.2 Å². The second-order valence-corrected chi connectivity index (χ2v) is 9.41. The van der Waals surface area contributed by atoms with Crippen molar-refractivity contribution >= 4 is 27.5 Å². The van der Waals surface area contributed by atoms with Crippen LogP contribution in [0.25, 0.3) is 0 Å². The van der Waals surface area contributed by atoms with E-state index in [-0.39, 0.29) is 24.8 Å². The Hall–Kier alpha value is -2.49. The third-order valence-corrected chi connectivity index (χ3v) is 7.56. The number of carbonyl (C=O) groups is 1. The van der Waals surface area contributed by atoms with Crippen molar-refractivity contribution in [2.75, 3.05) is 44.6 Å². The van der Waals surface area contributed by atoms with Gasteiger partial charge in [-0.1, -0.05) is 12.1 Å². The first-order valence-corrected chi connectivity index (χ1v) is 11.5. The van der Waals surface area contributed by atoms with Gasteiger partial charge in [-0.25, -0.2) is 4.39 Å². The summed E-state index contributed by atoms with van der Waals surface area (Å²) in [4.78, 5) is 14.8. The second-order valence-electron chi connectivity index (χ2n) is 7.48. The largest absolute Gasteiger partial charge is 0.355 e. The van der Waals surface area contributed by atoms with Gasteiger partial charge in [-0.3, -0.25) is 4.79 Å². The Morgan fingerprint density at radius 3 is 2.10 bits per heavy atom. The standard InChI is InChI=1S/C21H25FN4O3S/c22-17-7-9-18(10-8-17)23-20-6-2-1-5-19(20)21(27)24-13-15-26(16-14-24)30(28,29)25-11-3-4-12-25/h1-2,5-10,23H,3-4,11-16H2. The molecule has 0 unspecified atom stereocenters. The van der Waals surface area contributed by atoms with Gasteiger partial charge in [-0.2, -0.15) is 17.0 Å². The van der Waals surface area contributed by atoms with Gasteiger partial charge in [0.2, 0.25) is 0 Å². The quantitative estimate of drug-likeness (QED) is 0.789. The van der Waals surface area contributed by atoms with Gasteiger partial charge >= 0.3 is 0 Å². The minimum atomic E-state index is -3.44. The number of nitrogens with one attached hydrogen (secondary N) is 1. The Bertz CT molecular complexity index is 999. The van der Waals surface area contributed by atoms with E-state index >= 15 is 0 Å². The molecule has 2 aromatic carbocycles. The third kappa shape index (κ3) is 4.33. The van der Waals surface area contributed by atoms with E-state index < -0.39 is 10.2 Å². The third-order valence-electron chi connectivity index (χ3n) is 5.52. The van der Waals surface area contributed by atoms with E-state index in [1.807, 2.05) is 6.07 Å². The van der Waals surface area contributed by atoms with Crippen molar-refractivity contribution in [2.24, 2.45) is 0 Å². The number of carbonyl (C=O) groups excluding carboxylic acids is 1. The lowest BCUT2D eigenvalue weighted by molar-refractivity contribution is 0.0695. The molecule has 160 valence electrons. The molecule has 2 saturated heterocycles. The average Bonchev–Trinajstić information content (AvgIpc) is 3.31. The second kappa shape index (κ2) is 8.71. The van der Waals surface area contributed by atoms with Gasteiger partial charge in [0.05, 0.1) is 11.3 Å². The van der Waals surface area contributed by atoms with Crippen LogP contribution in [0, 0.1) is 5.82 Å². The normalized spacial score (nSPS) is 18.5. The molecule has 7 nitrogen and oxygen atoms in total. The molecule has 0 aliphatic carbocycles. The lowest BCUT2D eigenvalue weighted by atomic mass is 10.1. The van der Waals surface area contributed by atoms with E-state index in [9.17, 15) is 17.6 Å². The number of para-hydroxylation sites is 1. The fraction of sp³-hybridized carbons (Fsp3) is 0.381. The van der Waals surface area contributed by atoms with Crippen molar-refractivity contribution in [2.45, 2.75) is 12.8 Å². The highest BCUT2D eigenvalue weighted by Gasteiger charge is 2.35. The Balaban J connectivity index is 1.44. The van der Waals surface area contributed by atoms with E-state index in [0.717, 1.165) is 12.8 Å². The van der Waals surface area contributed by atoms with E-state index in [1.165, 1.54) is 20.7 Å². The zero-order valence-corrected chi connectivity index (χ0v) is 17.4. The Morgan fingerprint density at radius 2 is 1.43 bits per heavy atom. The Morgan fingerprint density at radius 1 is 0.833 bits per heavy atom. The van der Waals surface area contributed by atoms with Crippen molar-refractivity contribution in [3.8, 4) is 0 Å². The first-order valence-electron chi connectivity index (χ1n) is 10.1. The number of anilines is 2. The molecule has 0 bridgehead atoms. The smallest absolute Gasteiger partial charge is 0.282 e. The van der Waals surface area contributed by atoms with Crippen molar-refractivity contribution in [1.82, 2.24) is 13.5 Å². The molecule has 0 spiro atoms. The maximum atomic E-state index is 13.2. The van der Waals surface area contributed by atoms with Crippen LogP contribution in [0.5, 0.6) is 0 Å². The molecule has 30 heavy (non-hydrogen) atoms. The first-order chi connectivity index (χ1) is 14.4. The number of hydrogen-bond donors (Lipinski definition) is 1. The molecule has 1 amide bonds. The van der Waals surface area contributed by atoms with Gasteiger partial charge in [0, 0.05) is 45.0 Å². The molecule has 2 fully saturated rings. The summed E-state index contributed by atoms with van der Waals surface area (Å²) in [5.41, 5.74) is 1.80. The number of hydrogen-bond acceptors (Lipinski definition) is 4. The van der Waals surface area contributed by atoms with Gasteiger partial charge < -0.3 is 10.2 Å². The first kappa shape index (κ1) is 20.8. The molecule has 0 saturated carbocycles. The monoisotopic (exact) mass is 432 g/mol. The predicted molar refractivity (Wildman–Crippen MR) is 113 cm³/mol. The van der Waals surface area contributed by atoms with Gasteiger partial charge in [0.1, 0.15) is 5.82 Å². The number of piperazine rings is 1. The zero-order valence-electron chi connectivity index (χ0n) is 16.6. The maximum absolute atomic E-state index is 13.2. The minimum absolute atomic E-state index is 0.154. The maximum Gasteiger partial charge on any atom is 0.282 e. The van der Waals surface area contributed by atoms with Crippen LogP contribution >= 0.6 is 0 Å². The molecular weight excluding hydrogens is 407 g/mol. The summed E-state index contributed by atoms with van der Waals surface area (Å²) < 4.78 is 41.6. The molecule has 1 N–H and O–H groups in total. The summed E-state index contributed by atoms with van der Waals surface area (Å²) in [7, 11) is -3.44. The van der Waals surface area contributed by atoms with Crippen LogP contribution in [0.3, 0.4) is 0 Å². The molecule has 0 atom stereocenters. The SMILES string of the molecule is O=C(c1ccccc1Nc1ccc(F)cc1)N1CCN(S(=O)(=O)N2CCCC2)CC1. The van der Waals surface area contributed by atoms with Crippen LogP contribution in [-0.2, 0) is 10.2 Å². The Kier molecular flexibility index (Phi) is 6.03. The van der Waals surface area contributed by atoms with E-state index in [1.54, 1.807) is 35.2 Å². The summed E-state index contributed by atoms with van der Waals surface area (Å²) in [6.45, 7) is 2.41. The fourth-order valence-electron chi connectivity index (χ4n) is 3.84. The van der Waals surface area contributed by atoms with Crippen molar-refractivity contribution < 1.29 is 17.6 Å². The summed E-state index contributed by atoms with van der Waals surface area (Å²) in [5.74, 6) is -0.481. The molecule has 2 heterocycles. The lowest BCUT2D eigenvalue weighted by Gasteiger charge is -2.36. The highest BCUT2D eigenvalue weighted by molar-refractivity contribution is 7.86. The van der Waals surface area contributed by atoms with Crippen molar-refractivity contribution in [1.29, 1.82) is 0 Å². The molecule has 0 radical (unpaired) electrons. The van der Waals surface area contributed by atoms with E-state index in [0.29, 0.717) is 43.1 Å². The highest BCUT2D eigenvalue weighted by Crippen LogP contribution is 2.24. The summed E-state index contributed by atoms with van der Waals surface area (Å²) >= 11 is 0. The van der Waals surface area contributed by atoms with Crippen LogP contribution in [0.2, 0.25) is 0 Å². The summed E-state index contributed by atoms with van der Waals surface area (Å²) in [6, 6.07) is 13.1. The average molecular weight is 433 g/mol. The van der Waals surface area contributed by atoms with Crippen molar-refractivity contribution in [3.05, 3.63) is 59.9 Å². The molecule has 0 aromatic heterocycles. The number of nitrogens with zero attached hydrogens (tertiary/aromatic N) is 3. The van der Waals surface area contributed by atoms with Crippen LogP contribution < -0.4 is 5.32 Å². The molecule has 9 heteroatoms. The van der Waals surface area contributed by atoms with Crippen LogP contribution in [0.4, 0.5) is 15.8 Å². The predicted octanol–water partition coefficient (Wildman–Crippen LogP) is 2.67. The van der Waals surface area contributed by atoms with Crippen LogP contribution in [0.1, 0.15) is 23.2 Å². The lowest BCUT2D eigenvalue weighted by Crippen LogP contribution is -2.53. The highest BCUT2D eigenvalue weighted by atomic mass is 32.2. The Labute approximate surface area is 176 Å². The number of benzene rings is 2. The summed E-state index contributed by atoms with van der Waals surface area (Å²) in [6.07, 6.45) is 1.80. The topological polar surface area (TPSA) is 73.0 Å². The van der Waals surface area contributed by atoms with Gasteiger partial charge in [0.25, 0.3) is 16.1 Å². The molecule has 4 rings (SSSR count). The van der Waals surface area contributed by atoms with Crippen LogP contribution in [0.15, 0.2) is 48.5 Å². The van der Waals surface area contributed by atoms with Gasteiger partial charge in [-0.15, -0.1) is 0 Å². The molecular formula is C21H25FN4O3S. The molecule has 2 aromatic rings. The fourth-order valence-corrected chi connectivity index (χ4v) is 5.51. The number of halogens is 1.